The topological polar surface area (TPSA) is 24.5 Å². The molecule has 0 heterocycles. The van der Waals surface area contributed by atoms with E-state index in [0.717, 1.165) is 13.0 Å². The summed E-state index contributed by atoms with van der Waals surface area (Å²) < 4.78 is 5.51. The monoisotopic (exact) mass is 262 g/mol. The highest BCUT2D eigenvalue weighted by molar-refractivity contribution is 5.51. The first-order valence-electron chi connectivity index (χ1n) is 7.21. The predicted octanol–water partition coefficient (Wildman–Crippen LogP) is 3.12. The number of anilines is 1. The lowest BCUT2D eigenvalue weighted by molar-refractivity contribution is 0.0669. The average molecular weight is 262 g/mol. The van der Waals surface area contributed by atoms with Gasteiger partial charge in [-0.2, -0.15) is 0 Å². The second-order valence-corrected chi connectivity index (χ2v) is 5.76. The van der Waals surface area contributed by atoms with Crippen molar-refractivity contribution in [3.63, 3.8) is 0 Å². The number of benzene rings is 1. The lowest BCUT2D eigenvalue weighted by Gasteiger charge is -2.30. The lowest BCUT2D eigenvalue weighted by Crippen LogP contribution is -2.31. The van der Waals surface area contributed by atoms with E-state index >= 15 is 0 Å². The molecule has 0 amide bonds. The summed E-state index contributed by atoms with van der Waals surface area (Å²) >= 11 is 0. The van der Waals surface area contributed by atoms with E-state index in [1.807, 2.05) is 7.11 Å². The van der Waals surface area contributed by atoms with Crippen LogP contribution in [0.4, 0.5) is 5.69 Å². The first-order valence-corrected chi connectivity index (χ1v) is 7.21. The third-order valence-corrected chi connectivity index (χ3v) is 3.82. The Morgan fingerprint density at radius 2 is 2.05 bits per heavy atom. The Balaban J connectivity index is 2.01. The Hall–Kier alpha value is -1.06. The molecule has 106 valence electrons. The lowest BCUT2D eigenvalue weighted by atomic mass is 9.92. The van der Waals surface area contributed by atoms with Crippen molar-refractivity contribution in [1.82, 2.24) is 4.90 Å². The molecule has 19 heavy (non-hydrogen) atoms. The fourth-order valence-corrected chi connectivity index (χ4v) is 2.85. The zero-order chi connectivity index (χ0) is 13.7. The van der Waals surface area contributed by atoms with Crippen LogP contribution in [0.1, 0.15) is 31.2 Å². The number of methoxy groups -OCH3 is 1. The summed E-state index contributed by atoms with van der Waals surface area (Å²) in [7, 11) is 6.05. The van der Waals surface area contributed by atoms with E-state index in [-0.39, 0.29) is 0 Å². The normalized spacial score (nSPS) is 23.6. The van der Waals surface area contributed by atoms with Crippen LogP contribution < -0.4 is 5.32 Å². The smallest absolute Gasteiger partial charge is 0.0590 e. The van der Waals surface area contributed by atoms with E-state index < -0.39 is 0 Å². The minimum atomic E-state index is 0.423. The highest BCUT2D eigenvalue weighted by atomic mass is 16.5. The van der Waals surface area contributed by atoms with Crippen LogP contribution in [0.5, 0.6) is 0 Å². The number of rotatable bonds is 5. The van der Waals surface area contributed by atoms with Gasteiger partial charge in [0.1, 0.15) is 0 Å². The van der Waals surface area contributed by atoms with Gasteiger partial charge in [-0.1, -0.05) is 18.2 Å². The molecule has 1 aliphatic rings. The zero-order valence-electron chi connectivity index (χ0n) is 12.4. The Morgan fingerprint density at radius 1 is 1.26 bits per heavy atom. The highest BCUT2D eigenvalue weighted by Crippen LogP contribution is 2.25. The van der Waals surface area contributed by atoms with E-state index in [1.165, 1.54) is 30.5 Å². The first-order chi connectivity index (χ1) is 9.19. The molecule has 1 aliphatic carbocycles. The van der Waals surface area contributed by atoms with Crippen LogP contribution >= 0.6 is 0 Å². The Bertz CT molecular complexity index is 392. The van der Waals surface area contributed by atoms with Crippen LogP contribution in [0.3, 0.4) is 0 Å². The van der Waals surface area contributed by atoms with Gasteiger partial charge in [-0.25, -0.2) is 0 Å². The molecule has 1 N–H and O–H groups in total. The molecular formula is C16H26N2O. The molecule has 0 saturated heterocycles. The molecule has 2 rings (SSSR count). The van der Waals surface area contributed by atoms with Gasteiger partial charge in [-0.05, 0) is 51.4 Å². The molecule has 0 aromatic heterocycles. The second-order valence-electron chi connectivity index (χ2n) is 5.76. The summed E-state index contributed by atoms with van der Waals surface area (Å²) in [6, 6.07) is 9.16. The van der Waals surface area contributed by atoms with Crippen molar-refractivity contribution >= 4 is 5.69 Å². The van der Waals surface area contributed by atoms with Crippen molar-refractivity contribution in [2.24, 2.45) is 0 Å². The maximum Gasteiger partial charge on any atom is 0.0590 e. The summed E-state index contributed by atoms with van der Waals surface area (Å²) in [6.07, 6.45) is 5.25. The highest BCUT2D eigenvalue weighted by Gasteiger charge is 2.21. The van der Waals surface area contributed by atoms with E-state index in [9.17, 15) is 0 Å². The quantitative estimate of drug-likeness (QED) is 0.882. The Labute approximate surface area is 116 Å². The summed E-state index contributed by atoms with van der Waals surface area (Å²) in [5.41, 5.74) is 2.64. The minimum absolute atomic E-state index is 0.423. The Kier molecular flexibility index (Phi) is 5.23. The van der Waals surface area contributed by atoms with Crippen LogP contribution in [0.15, 0.2) is 24.3 Å². The fourth-order valence-electron chi connectivity index (χ4n) is 2.85. The molecule has 0 spiro atoms. The number of nitrogens with one attached hydrogen (secondary N) is 1. The zero-order valence-corrected chi connectivity index (χ0v) is 12.4. The molecule has 3 nitrogen and oxygen atoms in total. The number of para-hydroxylation sites is 1. The average Bonchev–Trinajstić information content (AvgIpc) is 2.41. The predicted molar refractivity (Wildman–Crippen MR) is 80.5 cm³/mol. The number of nitrogens with zero attached hydrogens (tertiary/aromatic N) is 1. The van der Waals surface area contributed by atoms with Gasteiger partial charge >= 0.3 is 0 Å². The number of ether oxygens (including phenoxy) is 1. The molecule has 0 bridgehead atoms. The molecule has 1 fully saturated rings. The first kappa shape index (κ1) is 14.4. The largest absolute Gasteiger partial charge is 0.382 e. The van der Waals surface area contributed by atoms with Crippen molar-refractivity contribution < 1.29 is 4.74 Å². The van der Waals surface area contributed by atoms with Crippen LogP contribution in [-0.4, -0.2) is 38.3 Å². The van der Waals surface area contributed by atoms with Crippen LogP contribution in [0.25, 0.3) is 0 Å². The molecule has 1 aromatic carbocycles. The second kappa shape index (κ2) is 6.92. The fraction of sp³-hybridized carbons (Fsp3) is 0.625. The third-order valence-electron chi connectivity index (χ3n) is 3.82. The maximum atomic E-state index is 5.51. The van der Waals surface area contributed by atoms with Gasteiger partial charge < -0.3 is 15.0 Å². The molecule has 0 aliphatic heterocycles. The van der Waals surface area contributed by atoms with Gasteiger partial charge in [0.05, 0.1) is 6.10 Å². The molecule has 2 unspecified atom stereocenters. The Morgan fingerprint density at radius 3 is 2.79 bits per heavy atom. The van der Waals surface area contributed by atoms with Crippen molar-refractivity contribution in [2.45, 2.75) is 44.4 Å². The van der Waals surface area contributed by atoms with Crippen LogP contribution in [-0.2, 0) is 11.3 Å². The summed E-state index contributed by atoms with van der Waals surface area (Å²) in [5, 5.41) is 3.71. The molecule has 3 heteroatoms. The van der Waals surface area contributed by atoms with Crippen LogP contribution in [0.2, 0.25) is 0 Å². The van der Waals surface area contributed by atoms with Crippen LogP contribution in [0, 0.1) is 0 Å². The van der Waals surface area contributed by atoms with Crippen molar-refractivity contribution in [3.8, 4) is 0 Å². The van der Waals surface area contributed by atoms with Gasteiger partial charge in [0.25, 0.3) is 0 Å². The van der Waals surface area contributed by atoms with E-state index in [0.29, 0.717) is 12.1 Å². The molecule has 2 atom stereocenters. The molecule has 1 aromatic rings. The SMILES string of the molecule is COC1CCCC(Nc2ccccc2CN(C)C)C1. The molecule has 1 saturated carbocycles. The van der Waals surface area contributed by atoms with Crippen molar-refractivity contribution in [3.05, 3.63) is 29.8 Å². The van der Waals surface area contributed by atoms with E-state index in [4.69, 9.17) is 4.74 Å². The summed E-state index contributed by atoms with van der Waals surface area (Å²) in [5.74, 6) is 0. The third kappa shape index (κ3) is 4.22. The van der Waals surface area contributed by atoms with Crippen molar-refractivity contribution in [2.75, 3.05) is 26.5 Å². The summed E-state index contributed by atoms with van der Waals surface area (Å²) in [6.45, 7) is 0.976. The van der Waals surface area contributed by atoms with Gasteiger partial charge in [0, 0.05) is 25.4 Å². The van der Waals surface area contributed by atoms with Gasteiger partial charge in [-0.15, -0.1) is 0 Å². The van der Waals surface area contributed by atoms with Gasteiger partial charge in [0.2, 0.25) is 0 Å². The van der Waals surface area contributed by atoms with Gasteiger partial charge in [-0.3, -0.25) is 0 Å². The summed E-state index contributed by atoms with van der Waals surface area (Å²) in [4.78, 5) is 2.21. The molecule has 0 radical (unpaired) electrons. The molecular weight excluding hydrogens is 236 g/mol. The number of hydrogen-bond donors (Lipinski definition) is 1. The van der Waals surface area contributed by atoms with Gasteiger partial charge in [0.15, 0.2) is 0 Å². The standard InChI is InChI=1S/C16H26N2O/c1-18(2)12-13-7-4-5-10-16(13)17-14-8-6-9-15(11-14)19-3/h4-5,7,10,14-15,17H,6,8-9,11-12H2,1-3H3. The minimum Gasteiger partial charge on any atom is -0.382 e. The van der Waals surface area contributed by atoms with E-state index in [2.05, 4.69) is 48.6 Å². The maximum absolute atomic E-state index is 5.51. The van der Waals surface area contributed by atoms with Crippen molar-refractivity contribution in [1.29, 1.82) is 0 Å². The number of hydrogen-bond acceptors (Lipinski definition) is 3. The van der Waals surface area contributed by atoms with E-state index in [1.54, 1.807) is 0 Å².